The summed E-state index contributed by atoms with van der Waals surface area (Å²) in [7, 11) is 0. The molecule has 0 atom stereocenters. The van der Waals surface area contributed by atoms with Gasteiger partial charge >= 0.3 is 0 Å². The Morgan fingerprint density at radius 1 is 0.682 bits per heavy atom. The summed E-state index contributed by atoms with van der Waals surface area (Å²) in [6, 6.07) is 40.7. The molecule has 8 rings (SSSR count). The molecule has 0 aliphatic rings. The first kappa shape index (κ1) is 29.1. The molecule has 5 aromatic heterocycles. The van der Waals surface area contributed by atoms with Crippen LogP contribution in [0.4, 0.5) is 0 Å². The molecule has 5 nitrogen and oxygen atoms in total. The van der Waals surface area contributed by atoms with Crippen LogP contribution in [0.5, 0.6) is 0 Å². The molecule has 0 spiro atoms. The Hall–Kier alpha value is -5.03. The number of fused-ring (bicyclic) bond motifs is 4. The van der Waals surface area contributed by atoms with E-state index in [0.29, 0.717) is 5.71 Å². The number of pyridine rings is 4. The van der Waals surface area contributed by atoms with Crippen molar-refractivity contribution in [1.82, 2.24) is 19.9 Å². The van der Waals surface area contributed by atoms with E-state index in [1.807, 2.05) is 86.0 Å². The molecule has 1 radical (unpaired) electrons. The van der Waals surface area contributed by atoms with E-state index in [1.165, 1.54) is 0 Å². The Balaban J connectivity index is 0.000000222. The van der Waals surface area contributed by atoms with Crippen molar-refractivity contribution in [1.29, 1.82) is 0 Å². The first-order valence-corrected chi connectivity index (χ1v) is 14.0. The average molecular weight is 747 g/mol. The van der Waals surface area contributed by atoms with Crippen LogP contribution in [0, 0.1) is 26.0 Å². The zero-order chi connectivity index (χ0) is 29.2. The summed E-state index contributed by atoms with van der Waals surface area (Å²) in [5.74, 6) is 0. The molecule has 0 bridgehead atoms. The largest absolute Gasteiger partial charge is 0.486 e. The summed E-state index contributed by atoms with van der Waals surface area (Å²) in [5.41, 5.74) is 10.4. The molecule has 215 valence electrons. The van der Waals surface area contributed by atoms with E-state index >= 15 is 0 Å². The Kier molecular flexibility index (Phi) is 8.38. The van der Waals surface area contributed by atoms with Crippen LogP contribution in [0.2, 0.25) is 0 Å². The number of hydrogen-bond acceptors (Lipinski definition) is 5. The maximum atomic E-state index is 6.16. The molecule has 3 aromatic carbocycles. The van der Waals surface area contributed by atoms with Crippen molar-refractivity contribution in [3.05, 3.63) is 145 Å². The molecule has 0 saturated carbocycles. The minimum atomic E-state index is 0. The van der Waals surface area contributed by atoms with Crippen LogP contribution in [0.3, 0.4) is 0 Å². The fraction of sp³-hybridized carbons (Fsp3) is 0.0526. The van der Waals surface area contributed by atoms with Crippen molar-refractivity contribution in [3.63, 3.8) is 0 Å². The van der Waals surface area contributed by atoms with Crippen LogP contribution in [0.15, 0.2) is 126 Å². The van der Waals surface area contributed by atoms with Gasteiger partial charge in [0.05, 0.1) is 11.1 Å². The third kappa shape index (κ3) is 5.78. The van der Waals surface area contributed by atoms with Gasteiger partial charge in [0.25, 0.3) is 0 Å². The number of aromatic nitrogens is 4. The van der Waals surface area contributed by atoms with E-state index in [2.05, 4.69) is 70.4 Å². The van der Waals surface area contributed by atoms with Crippen LogP contribution < -0.4 is 0 Å². The minimum Gasteiger partial charge on any atom is -0.486 e. The predicted octanol–water partition coefficient (Wildman–Crippen LogP) is 9.22. The van der Waals surface area contributed by atoms with Crippen LogP contribution in [-0.4, -0.2) is 19.9 Å². The quantitative estimate of drug-likeness (QED) is 0.169. The van der Waals surface area contributed by atoms with Crippen LogP contribution in [-0.2, 0) is 20.1 Å². The van der Waals surface area contributed by atoms with Crippen molar-refractivity contribution in [3.8, 4) is 33.6 Å². The molecule has 0 unspecified atom stereocenters. The molecule has 0 amide bonds. The average Bonchev–Trinajstić information content (AvgIpc) is 3.44. The summed E-state index contributed by atoms with van der Waals surface area (Å²) >= 11 is 0. The smallest absolute Gasteiger partial charge is 0.216 e. The van der Waals surface area contributed by atoms with E-state index in [0.717, 1.165) is 72.2 Å². The van der Waals surface area contributed by atoms with Gasteiger partial charge in [-0.15, -0.1) is 54.1 Å². The van der Waals surface area contributed by atoms with Gasteiger partial charge in [-0.05, 0) is 78.3 Å². The topological polar surface area (TPSA) is 64.7 Å². The van der Waals surface area contributed by atoms with Crippen molar-refractivity contribution in [2.45, 2.75) is 13.8 Å². The molecular formula is C38H26IrN4O-2. The SMILES string of the molecule is Cc1ccc2c(n1)oc1c(-c3cc(-c4ccc5ncccc5c4)c(C)cn3)[c-]ccc12.[Ir].[c-]1ccccc1-c1ccccn1. The molecule has 44 heavy (non-hydrogen) atoms. The van der Waals surface area contributed by atoms with Crippen LogP contribution >= 0.6 is 0 Å². The molecule has 0 aliphatic carbocycles. The maximum absolute atomic E-state index is 6.16. The van der Waals surface area contributed by atoms with Crippen LogP contribution in [0.1, 0.15) is 11.3 Å². The van der Waals surface area contributed by atoms with E-state index in [1.54, 1.807) is 6.20 Å². The van der Waals surface area contributed by atoms with Crippen LogP contribution in [0.25, 0.3) is 66.6 Å². The Labute approximate surface area is 269 Å². The second-order valence-corrected chi connectivity index (χ2v) is 10.3. The monoisotopic (exact) mass is 747 g/mol. The molecule has 0 N–H and O–H groups in total. The summed E-state index contributed by atoms with van der Waals surface area (Å²) in [6.07, 6.45) is 5.52. The molecule has 0 fully saturated rings. The zero-order valence-electron chi connectivity index (χ0n) is 24.1. The van der Waals surface area contributed by atoms with Gasteiger partial charge in [-0.3, -0.25) is 4.98 Å². The Morgan fingerprint density at radius 2 is 1.57 bits per heavy atom. The van der Waals surface area contributed by atoms with Gasteiger partial charge in [-0.25, -0.2) is 4.98 Å². The van der Waals surface area contributed by atoms with Crippen molar-refractivity contribution >= 4 is 33.0 Å². The number of nitrogens with zero attached hydrogens (tertiary/aromatic N) is 4. The summed E-state index contributed by atoms with van der Waals surface area (Å²) in [6.45, 7) is 4.05. The number of aryl methyl sites for hydroxylation is 2. The molecular weight excluding hydrogens is 721 g/mol. The van der Waals surface area contributed by atoms with Gasteiger partial charge in [-0.1, -0.05) is 41.3 Å². The van der Waals surface area contributed by atoms with Gasteiger partial charge in [0.15, 0.2) is 0 Å². The number of rotatable bonds is 3. The van der Waals surface area contributed by atoms with Gasteiger partial charge in [0.1, 0.15) is 0 Å². The predicted molar refractivity (Wildman–Crippen MR) is 172 cm³/mol. The zero-order valence-corrected chi connectivity index (χ0v) is 26.5. The summed E-state index contributed by atoms with van der Waals surface area (Å²) < 4.78 is 6.16. The Morgan fingerprint density at radius 3 is 2.41 bits per heavy atom. The van der Waals surface area contributed by atoms with Gasteiger partial charge in [0.2, 0.25) is 5.71 Å². The second-order valence-electron chi connectivity index (χ2n) is 10.3. The fourth-order valence-corrected chi connectivity index (χ4v) is 5.19. The second kappa shape index (κ2) is 12.7. The molecule has 0 aliphatic heterocycles. The minimum absolute atomic E-state index is 0. The van der Waals surface area contributed by atoms with E-state index in [-0.39, 0.29) is 20.1 Å². The Bertz CT molecular complexity index is 2180. The number of benzene rings is 3. The third-order valence-electron chi connectivity index (χ3n) is 7.36. The standard InChI is InChI=1S/C27H18N3O.C11H8N.Ir/c1-16-15-29-25(14-23(16)18-9-11-24-19(13-18)5-4-12-28-24)22-7-3-6-20-21-10-8-17(2)30-27(21)31-26(20)22;1-2-6-10(7-3-1)11-8-4-5-9-12-11;/h3-6,8-15H,1-2H3;1-6,8-9H;/q2*-1;. The van der Waals surface area contributed by atoms with Gasteiger partial charge in [0, 0.05) is 55.2 Å². The summed E-state index contributed by atoms with van der Waals surface area (Å²) in [5, 5.41) is 3.15. The van der Waals surface area contributed by atoms with Crippen molar-refractivity contribution in [2.75, 3.05) is 0 Å². The number of hydrogen-bond donors (Lipinski definition) is 0. The first-order valence-electron chi connectivity index (χ1n) is 14.0. The van der Waals surface area contributed by atoms with Crippen molar-refractivity contribution in [2.24, 2.45) is 0 Å². The molecule has 8 aromatic rings. The normalized spacial score (nSPS) is 10.8. The molecule has 0 saturated heterocycles. The molecule has 5 heterocycles. The van der Waals surface area contributed by atoms with E-state index < -0.39 is 0 Å². The first-order chi connectivity index (χ1) is 21.1. The van der Waals surface area contributed by atoms with Gasteiger partial charge < -0.3 is 14.4 Å². The molecule has 6 heteroatoms. The van der Waals surface area contributed by atoms with E-state index in [9.17, 15) is 0 Å². The fourth-order valence-electron chi connectivity index (χ4n) is 5.19. The van der Waals surface area contributed by atoms with Crippen molar-refractivity contribution < 1.29 is 24.5 Å². The third-order valence-corrected chi connectivity index (χ3v) is 7.36. The van der Waals surface area contributed by atoms with E-state index in [4.69, 9.17) is 9.40 Å². The maximum Gasteiger partial charge on any atom is 0.216 e. The number of furan rings is 1. The van der Waals surface area contributed by atoms with Gasteiger partial charge in [-0.2, -0.15) is 0 Å². The summed E-state index contributed by atoms with van der Waals surface area (Å²) in [4.78, 5) is 17.9.